The second-order valence-corrected chi connectivity index (χ2v) is 9.87. The van der Waals surface area contributed by atoms with Crippen molar-refractivity contribution in [3.05, 3.63) is 102 Å². The maximum Gasteiger partial charge on any atom is 0.261 e. The lowest BCUT2D eigenvalue weighted by Crippen LogP contribution is -2.12. The molecular weight excluding hydrogens is 420 g/mol. The molecule has 0 bridgehead atoms. The van der Waals surface area contributed by atoms with Gasteiger partial charge in [0.1, 0.15) is 5.78 Å². The van der Waals surface area contributed by atoms with Crippen LogP contribution in [0, 0.1) is 5.92 Å². The van der Waals surface area contributed by atoms with Gasteiger partial charge in [-0.1, -0.05) is 48.5 Å². The van der Waals surface area contributed by atoms with Crippen LogP contribution in [0.25, 0.3) is 10.8 Å². The number of rotatable bonds is 7. The first kappa shape index (κ1) is 20.4. The van der Waals surface area contributed by atoms with Crippen molar-refractivity contribution in [2.45, 2.75) is 23.7 Å². The summed E-state index contributed by atoms with van der Waals surface area (Å²) in [6.45, 7) is 0. The smallest absolute Gasteiger partial charge is 0.261 e. The van der Waals surface area contributed by atoms with Crippen molar-refractivity contribution in [3.8, 4) is 0 Å². The fourth-order valence-corrected chi connectivity index (χ4v) is 5.17. The molecule has 1 aliphatic carbocycles. The normalized spacial score (nSPS) is 17.8. The van der Waals surface area contributed by atoms with Gasteiger partial charge in [0, 0.05) is 35.8 Å². The van der Waals surface area contributed by atoms with Gasteiger partial charge in [0.2, 0.25) is 0 Å². The summed E-state index contributed by atoms with van der Waals surface area (Å²) >= 11 is 0. The monoisotopic (exact) mass is 442 g/mol. The van der Waals surface area contributed by atoms with Crippen LogP contribution in [0.3, 0.4) is 0 Å². The number of aromatic nitrogens is 1. The number of hydrogen-bond acceptors (Lipinski definition) is 4. The van der Waals surface area contributed by atoms with Crippen LogP contribution in [0.1, 0.15) is 23.5 Å². The highest BCUT2D eigenvalue weighted by Crippen LogP contribution is 2.48. The number of benzene rings is 3. The van der Waals surface area contributed by atoms with Gasteiger partial charge >= 0.3 is 0 Å². The molecule has 2 atom stereocenters. The lowest BCUT2D eigenvalue weighted by atomic mass is 10.0. The van der Waals surface area contributed by atoms with E-state index in [0.29, 0.717) is 12.1 Å². The van der Waals surface area contributed by atoms with Crippen molar-refractivity contribution in [2.24, 2.45) is 5.92 Å². The van der Waals surface area contributed by atoms with Crippen LogP contribution in [-0.4, -0.2) is 19.2 Å². The molecule has 1 heterocycles. The number of hydrogen-bond donors (Lipinski definition) is 1. The molecule has 160 valence electrons. The number of pyridine rings is 1. The summed E-state index contributed by atoms with van der Waals surface area (Å²) in [6, 6.07) is 23.6. The molecule has 0 unspecified atom stereocenters. The lowest BCUT2D eigenvalue weighted by Gasteiger charge is -2.09. The molecule has 1 saturated carbocycles. The first-order valence-corrected chi connectivity index (χ1v) is 12.0. The minimum Gasteiger partial charge on any atom is -0.299 e. The highest BCUT2D eigenvalue weighted by atomic mass is 32.2. The minimum absolute atomic E-state index is 0.00645. The summed E-state index contributed by atoms with van der Waals surface area (Å²) in [4.78, 5) is 17.1. The zero-order chi connectivity index (χ0) is 22.1. The molecule has 0 aliphatic heterocycles. The Morgan fingerprint density at radius 3 is 2.50 bits per heavy atom. The molecule has 1 fully saturated rings. The highest BCUT2D eigenvalue weighted by Gasteiger charge is 2.43. The number of nitrogens with one attached hydrogen (secondary N) is 1. The Morgan fingerprint density at radius 2 is 1.72 bits per heavy atom. The van der Waals surface area contributed by atoms with E-state index in [1.54, 1.807) is 42.6 Å². The molecule has 0 spiro atoms. The summed E-state index contributed by atoms with van der Waals surface area (Å²) in [7, 11) is -3.65. The molecule has 0 amide bonds. The van der Waals surface area contributed by atoms with Crippen LogP contribution in [0.15, 0.2) is 96.2 Å². The summed E-state index contributed by atoms with van der Waals surface area (Å²) in [6.07, 6.45) is 4.79. The predicted molar refractivity (Wildman–Crippen MR) is 125 cm³/mol. The second-order valence-electron chi connectivity index (χ2n) is 8.19. The standard InChI is InChI=1S/C26H22N2O3S/c29-26(15-18-6-7-21-17-27-13-12-20(21)14-18)25-16-24(25)19-8-10-23(11-9-19)32(30,31)28-22-4-2-1-3-5-22/h1-14,17,24-25,28H,15-16H2/t24-,25+/m0/s1. The average molecular weight is 443 g/mol. The van der Waals surface area contributed by atoms with Crippen molar-refractivity contribution in [1.29, 1.82) is 0 Å². The highest BCUT2D eigenvalue weighted by molar-refractivity contribution is 7.92. The molecule has 0 radical (unpaired) electrons. The van der Waals surface area contributed by atoms with E-state index in [2.05, 4.69) is 9.71 Å². The van der Waals surface area contributed by atoms with E-state index < -0.39 is 10.0 Å². The van der Waals surface area contributed by atoms with Crippen molar-refractivity contribution < 1.29 is 13.2 Å². The topological polar surface area (TPSA) is 76.1 Å². The lowest BCUT2D eigenvalue weighted by molar-refractivity contribution is -0.119. The largest absolute Gasteiger partial charge is 0.299 e. The van der Waals surface area contributed by atoms with Gasteiger partial charge in [-0.3, -0.25) is 14.5 Å². The van der Waals surface area contributed by atoms with Crippen LogP contribution >= 0.6 is 0 Å². The van der Waals surface area contributed by atoms with Crippen LogP contribution in [-0.2, 0) is 21.2 Å². The summed E-state index contributed by atoms with van der Waals surface area (Å²) < 4.78 is 27.8. The van der Waals surface area contributed by atoms with Crippen LogP contribution in [0.2, 0.25) is 0 Å². The van der Waals surface area contributed by atoms with E-state index in [-0.39, 0.29) is 22.5 Å². The number of carbonyl (C=O) groups excluding carboxylic acids is 1. The summed E-state index contributed by atoms with van der Waals surface area (Å²) in [5.74, 6) is 0.380. The van der Waals surface area contributed by atoms with Crippen molar-refractivity contribution in [2.75, 3.05) is 4.72 Å². The quantitative estimate of drug-likeness (QED) is 0.439. The van der Waals surface area contributed by atoms with Crippen LogP contribution in [0.4, 0.5) is 5.69 Å². The fraction of sp³-hybridized carbons (Fsp3) is 0.154. The Morgan fingerprint density at radius 1 is 0.938 bits per heavy atom. The van der Waals surface area contributed by atoms with E-state index in [1.165, 1.54) is 0 Å². The fourth-order valence-electron chi connectivity index (χ4n) is 4.11. The zero-order valence-electron chi connectivity index (χ0n) is 17.3. The minimum atomic E-state index is -3.65. The zero-order valence-corrected chi connectivity index (χ0v) is 18.1. The van der Waals surface area contributed by atoms with Crippen LogP contribution in [0.5, 0.6) is 0 Å². The van der Waals surface area contributed by atoms with E-state index in [9.17, 15) is 13.2 Å². The number of ketones is 1. The molecular formula is C26H22N2O3S. The number of anilines is 1. The Hall–Kier alpha value is -3.51. The number of sulfonamides is 1. The molecule has 5 nitrogen and oxygen atoms in total. The molecule has 4 aromatic rings. The molecule has 0 saturated heterocycles. The van der Waals surface area contributed by atoms with Crippen molar-refractivity contribution >= 4 is 32.3 Å². The number of fused-ring (bicyclic) bond motifs is 1. The molecule has 6 heteroatoms. The Balaban J connectivity index is 1.24. The van der Waals surface area contributed by atoms with Crippen LogP contribution < -0.4 is 4.72 Å². The summed E-state index contributed by atoms with van der Waals surface area (Å²) in [5.41, 5.74) is 2.54. The van der Waals surface area contributed by atoms with Gasteiger partial charge in [-0.15, -0.1) is 0 Å². The maximum absolute atomic E-state index is 12.8. The van der Waals surface area contributed by atoms with Gasteiger partial charge in [-0.2, -0.15) is 0 Å². The van der Waals surface area contributed by atoms with Gasteiger partial charge in [-0.25, -0.2) is 8.42 Å². The van der Waals surface area contributed by atoms with Gasteiger partial charge in [-0.05, 0) is 59.2 Å². The maximum atomic E-state index is 12.8. The Kier molecular flexibility index (Phi) is 5.23. The SMILES string of the molecule is O=C(Cc1ccc2cnccc2c1)[C@@H]1C[C@H]1c1ccc(S(=O)(=O)Nc2ccccc2)cc1. The third-order valence-electron chi connectivity index (χ3n) is 5.93. The van der Waals surface area contributed by atoms with Gasteiger partial charge in [0.25, 0.3) is 10.0 Å². The van der Waals surface area contributed by atoms with Gasteiger partial charge < -0.3 is 0 Å². The molecule has 1 aliphatic rings. The number of carbonyl (C=O) groups is 1. The summed E-state index contributed by atoms with van der Waals surface area (Å²) in [5, 5.41) is 2.14. The Bertz CT molecular complexity index is 1380. The van der Waals surface area contributed by atoms with Crippen molar-refractivity contribution in [3.63, 3.8) is 0 Å². The molecule has 32 heavy (non-hydrogen) atoms. The van der Waals surface area contributed by atoms with E-state index >= 15 is 0 Å². The third kappa shape index (κ3) is 4.27. The number of para-hydroxylation sites is 1. The average Bonchev–Trinajstić information content (AvgIpc) is 3.61. The molecule has 3 aromatic carbocycles. The van der Waals surface area contributed by atoms with Gasteiger partial charge in [0.05, 0.1) is 4.90 Å². The van der Waals surface area contributed by atoms with E-state index in [0.717, 1.165) is 28.3 Å². The number of Topliss-reactive ketones (excluding diaryl/α,β-unsaturated/α-hetero) is 1. The number of nitrogens with zero attached hydrogens (tertiary/aromatic N) is 1. The Labute approximate surface area is 187 Å². The van der Waals surface area contributed by atoms with Gasteiger partial charge in [0.15, 0.2) is 0 Å². The van der Waals surface area contributed by atoms with E-state index in [1.807, 2.05) is 48.7 Å². The molecule has 1 N–H and O–H groups in total. The van der Waals surface area contributed by atoms with E-state index in [4.69, 9.17) is 0 Å². The first-order valence-electron chi connectivity index (χ1n) is 10.5. The second kappa shape index (κ2) is 8.20. The van der Waals surface area contributed by atoms with Crippen molar-refractivity contribution in [1.82, 2.24) is 4.98 Å². The predicted octanol–water partition coefficient (Wildman–Crippen LogP) is 4.95. The molecule has 1 aromatic heterocycles. The molecule has 5 rings (SSSR count). The first-order chi connectivity index (χ1) is 15.5. The third-order valence-corrected chi connectivity index (χ3v) is 7.33.